The van der Waals surface area contributed by atoms with E-state index in [1.807, 2.05) is 76.3 Å². The molecule has 1 aliphatic heterocycles. The molecule has 204 valence electrons. The largest absolute Gasteiger partial charge is 0.494 e. The maximum Gasteiger partial charge on any atom is 0.337 e. The van der Waals surface area contributed by atoms with Crippen LogP contribution in [0, 0.1) is 0 Å². The second-order valence-corrected chi connectivity index (χ2v) is 9.51. The van der Waals surface area contributed by atoms with Gasteiger partial charge in [0.15, 0.2) is 5.11 Å². The van der Waals surface area contributed by atoms with Crippen molar-refractivity contribution in [3.05, 3.63) is 102 Å². The molecule has 3 heterocycles. The quantitative estimate of drug-likeness (QED) is 0.226. The number of ether oxygens (including phenoxy) is 2. The van der Waals surface area contributed by atoms with E-state index in [1.54, 1.807) is 32.4 Å². The van der Waals surface area contributed by atoms with E-state index in [-0.39, 0.29) is 18.0 Å². The first-order valence-electron chi connectivity index (χ1n) is 12.8. The molecule has 2 aromatic heterocycles. The van der Waals surface area contributed by atoms with E-state index in [4.69, 9.17) is 21.7 Å². The fourth-order valence-electron chi connectivity index (χ4n) is 4.88. The van der Waals surface area contributed by atoms with Crippen LogP contribution in [0.4, 0.5) is 11.4 Å². The Morgan fingerprint density at radius 2 is 1.88 bits per heavy atom. The molecule has 40 heavy (non-hydrogen) atoms. The SMILES string of the molecule is CCC(=O)Nc1ccc(N2C(=S)N[C@H](c3ccccn3)[C@H]2c2cccn2-c2cccc(C(=O)OC)c2)cc1OC. The van der Waals surface area contributed by atoms with Crippen LogP contribution in [-0.4, -0.2) is 40.8 Å². The Balaban J connectivity index is 1.63. The zero-order chi connectivity index (χ0) is 28.2. The number of aromatic nitrogens is 2. The first kappa shape index (κ1) is 26.9. The fourth-order valence-corrected chi connectivity index (χ4v) is 5.22. The van der Waals surface area contributed by atoms with Crippen molar-refractivity contribution in [3.8, 4) is 11.4 Å². The Labute approximate surface area is 237 Å². The minimum Gasteiger partial charge on any atom is -0.494 e. The second-order valence-electron chi connectivity index (χ2n) is 9.13. The van der Waals surface area contributed by atoms with E-state index in [0.717, 1.165) is 22.8 Å². The Morgan fingerprint density at radius 1 is 1.02 bits per heavy atom. The van der Waals surface area contributed by atoms with Crippen LogP contribution in [0.1, 0.15) is 47.2 Å². The first-order valence-corrected chi connectivity index (χ1v) is 13.2. The topological polar surface area (TPSA) is 97.7 Å². The monoisotopic (exact) mass is 555 g/mol. The third kappa shape index (κ3) is 5.13. The van der Waals surface area contributed by atoms with E-state index in [9.17, 15) is 9.59 Å². The molecule has 0 saturated carbocycles. The number of thiocarbonyl (C=S) groups is 1. The Hall–Kier alpha value is -4.70. The Morgan fingerprint density at radius 3 is 2.60 bits per heavy atom. The number of methoxy groups -OCH3 is 2. The van der Waals surface area contributed by atoms with Crippen LogP contribution in [0.25, 0.3) is 5.69 Å². The number of pyridine rings is 1. The van der Waals surface area contributed by atoms with Gasteiger partial charge in [-0.1, -0.05) is 19.1 Å². The number of nitrogens with zero attached hydrogens (tertiary/aromatic N) is 3. The normalized spacial score (nSPS) is 16.4. The summed E-state index contributed by atoms with van der Waals surface area (Å²) in [7, 11) is 2.93. The van der Waals surface area contributed by atoms with E-state index in [1.165, 1.54) is 7.11 Å². The molecule has 0 spiro atoms. The number of benzene rings is 2. The predicted octanol–water partition coefficient (Wildman–Crippen LogP) is 5.19. The van der Waals surface area contributed by atoms with E-state index in [0.29, 0.717) is 28.5 Å². The van der Waals surface area contributed by atoms with Gasteiger partial charge in [0.2, 0.25) is 5.91 Å². The van der Waals surface area contributed by atoms with Crippen molar-refractivity contribution in [2.24, 2.45) is 0 Å². The van der Waals surface area contributed by atoms with E-state index >= 15 is 0 Å². The molecular weight excluding hydrogens is 526 g/mol. The molecule has 2 atom stereocenters. The number of carbonyl (C=O) groups excluding carboxylic acids is 2. The number of anilines is 2. The lowest BCUT2D eigenvalue weighted by Crippen LogP contribution is -2.30. The van der Waals surface area contributed by atoms with Crippen LogP contribution in [-0.2, 0) is 9.53 Å². The standard InChI is InChI=1S/C30H29N5O4S/c1-4-26(36)32-22-14-13-21(18-25(22)38-2)35-28(27(33-30(35)40)23-11-5-6-15-31-23)24-12-8-16-34(24)20-10-7-9-19(17-20)29(37)39-3/h5-18,27-28H,4H2,1-3H3,(H,32,36)(H,33,40)/t27-,28-/m1/s1. The van der Waals surface area contributed by atoms with Gasteiger partial charge in [-0.15, -0.1) is 0 Å². The highest BCUT2D eigenvalue weighted by molar-refractivity contribution is 7.80. The Bertz CT molecular complexity index is 1550. The highest BCUT2D eigenvalue weighted by atomic mass is 32.1. The second kappa shape index (κ2) is 11.6. The summed E-state index contributed by atoms with van der Waals surface area (Å²) in [4.78, 5) is 31.0. The molecule has 2 N–H and O–H groups in total. The summed E-state index contributed by atoms with van der Waals surface area (Å²) in [5.74, 6) is 0.00224. The van der Waals surface area contributed by atoms with Gasteiger partial charge in [0.1, 0.15) is 11.8 Å². The molecular formula is C30H29N5O4S. The maximum atomic E-state index is 12.3. The van der Waals surface area contributed by atoms with Gasteiger partial charge in [-0.25, -0.2) is 4.79 Å². The van der Waals surface area contributed by atoms with E-state index in [2.05, 4.69) is 15.6 Å². The number of carbonyl (C=O) groups is 2. The molecule has 10 heteroatoms. The predicted molar refractivity (Wildman–Crippen MR) is 157 cm³/mol. The van der Waals surface area contributed by atoms with Gasteiger partial charge < -0.3 is 29.6 Å². The smallest absolute Gasteiger partial charge is 0.337 e. The third-order valence-electron chi connectivity index (χ3n) is 6.79. The lowest BCUT2D eigenvalue weighted by Gasteiger charge is -2.29. The van der Waals surface area contributed by atoms with Crippen LogP contribution in [0.2, 0.25) is 0 Å². The van der Waals surface area contributed by atoms with Crippen molar-refractivity contribution in [2.75, 3.05) is 24.4 Å². The first-order chi connectivity index (χ1) is 19.4. The molecule has 2 aromatic carbocycles. The summed E-state index contributed by atoms with van der Waals surface area (Å²) in [5.41, 5.74) is 4.36. The summed E-state index contributed by atoms with van der Waals surface area (Å²) >= 11 is 5.89. The molecule has 0 unspecified atom stereocenters. The molecule has 1 amide bonds. The number of hydrogen-bond acceptors (Lipinski definition) is 6. The van der Waals surface area contributed by atoms with Crippen LogP contribution in [0.5, 0.6) is 5.75 Å². The molecule has 0 radical (unpaired) electrons. The molecule has 1 aliphatic rings. The molecule has 4 aromatic rings. The zero-order valence-electron chi connectivity index (χ0n) is 22.3. The average Bonchev–Trinajstić information content (AvgIpc) is 3.61. The highest BCUT2D eigenvalue weighted by Crippen LogP contribution is 2.44. The summed E-state index contributed by atoms with van der Waals surface area (Å²) in [6, 6.07) is 22.0. The van der Waals surface area contributed by atoms with Gasteiger partial charge in [0.25, 0.3) is 0 Å². The van der Waals surface area contributed by atoms with Crippen molar-refractivity contribution in [1.82, 2.24) is 14.9 Å². The molecule has 0 bridgehead atoms. The van der Waals surface area contributed by atoms with Crippen molar-refractivity contribution < 1.29 is 19.1 Å². The van der Waals surface area contributed by atoms with Crippen molar-refractivity contribution in [1.29, 1.82) is 0 Å². The molecule has 1 fully saturated rings. The summed E-state index contributed by atoms with van der Waals surface area (Å²) < 4.78 is 12.6. The van der Waals surface area contributed by atoms with Crippen LogP contribution < -0.4 is 20.3 Å². The molecule has 9 nitrogen and oxygen atoms in total. The zero-order valence-corrected chi connectivity index (χ0v) is 23.1. The van der Waals surface area contributed by atoms with Gasteiger partial charge in [-0.05, 0) is 66.8 Å². The summed E-state index contributed by atoms with van der Waals surface area (Å²) in [6.07, 6.45) is 4.06. The lowest BCUT2D eigenvalue weighted by molar-refractivity contribution is -0.115. The van der Waals surface area contributed by atoms with Gasteiger partial charge >= 0.3 is 5.97 Å². The summed E-state index contributed by atoms with van der Waals surface area (Å²) in [6.45, 7) is 1.79. The number of amides is 1. The van der Waals surface area contributed by atoms with Gasteiger partial charge in [0, 0.05) is 41.9 Å². The summed E-state index contributed by atoms with van der Waals surface area (Å²) in [5, 5.41) is 6.86. The molecule has 0 aliphatic carbocycles. The third-order valence-corrected chi connectivity index (χ3v) is 7.10. The van der Waals surface area contributed by atoms with Gasteiger partial charge in [-0.3, -0.25) is 9.78 Å². The number of hydrogen-bond donors (Lipinski definition) is 2. The van der Waals surface area contributed by atoms with Gasteiger partial charge in [0.05, 0.1) is 37.2 Å². The Kier molecular flexibility index (Phi) is 7.79. The molecule has 5 rings (SSSR count). The van der Waals surface area contributed by atoms with Crippen molar-refractivity contribution >= 4 is 40.6 Å². The minimum absolute atomic E-state index is 0.107. The minimum atomic E-state index is -0.408. The van der Waals surface area contributed by atoms with Crippen molar-refractivity contribution in [2.45, 2.75) is 25.4 Å². The highest BCUT2D eigenvalue weighted by Gasteiger charge is 2.42. The number of rotatable bonds is 8. The average molecular weight is 556 g/mol. The fraction of sp³-hybridized carbons (Fsp3) is 0.200. The van der Waals surface area contributed by atoms with E-state index < -0.39 is 5.97 Å². The van der Waals surface area contributed by atoms with Crippen LogP contribution in [0.3, 0.4) is 0 Å². The lowest BCUT2D eigenvalue weighted by atomic mass is 10.0. The maximum absolute atomic E-state index is 12.3. The van der Waals surface area contributed by atoms with Gasteiger partial charge in [-0.2, -0.15) is 0 Å². The number of nitrogens with one attached hydrogen (secondary N) is 2. The van der Waals surface area contributed by atoms with Crippen LogP contribution >= 0.6 is 12.2 Å². The van der Waals surface area contributed by atoms with Crippen LogP contribution in [0.15, 0.2) is 85.2 Å². The number of esters is 1. The molecule has 1 saturated heterocycles. The van der Waals surface area contributed by atoms with Crippen molar-refractivity contribution in [3.63, 3.8) is 0 Å².